The second-order valence-corrected chi connectivity index (χ2v) is 5.58. The molecular formula is C20H24N2O6. The van der Waals surface area contributed by atoms with Crippen molar-refractivity contribution in [2.75, 3.05) is 27.0 Å². The highest BCUT2D eigenvalue weighted by atomic mass is 16.7. The van der Waals surface area contributed by atoms with Gasteiger partial charge in [-0.2, -0.15) is 0 Å². The van der Waals surface area contributed by atoms with Crippen LogP contribution in [-0.2, 0) is 30.2 Å². The predicted octanol–water partition coefficient (Wildman–Crippen LogP) is 2.42. The van der Waals surface area contributed by atoms with Crippen LogP contribution in [0.3, 0.4) is 0 Å². The average Bonchev–Trinajstić information content (AvgIpc) is 2.69. The van der Waals surface area contributed by atoms with Crippen LogP contribution in [0.25, 0.3) is 0 Å². The first kappa shape index (κ1) is 22.6. The van der Waals surface area contributed by atoms with Crippen LogP contribution in [-0.4, -0.2) is 54.9 Å². The van der Waals surface area contributed by atoms with Gasteiger partial charge in [0.05, 0.1) is 5.57 Å². The Kier molecular flexibility index (Phi) is 9.74. The minimum atomic E-state index is -0.777. The van der Waals surface area contributed by atoms with Crippen molar-refractivity contribution in [2.45, 2.75) is 13.3 Å². The van der Waals surface area contributed by atoms with Gasteiger partial charge in [-0.15, -0.1) is 0 Å². The van der Waals surface area contributed by atoms with E-state index in [1.54, 1.807) is 13.2 Å². The zero-order valence-electron chi connectivity index (χ0n) is 16.1. The Morgan fingerprint density at radius 1 is 1.14 bits per heavy atom. The quantitative estimate of drug-likeness (QED) is 0.263. The monoisotopic (exact) mass is 388 g/mol. The third-order valence-corrected chi connectivity index (χ3v) is 3.56. The van der Waals surface area contributed by atoms with E-state index in [-0.39, 0.29) is 12.2 Å². The molecule has 8 nitrogen and oxygen atoms in total. The number of pyridine rings is 1. The molecule has 0 unspecified atom stereocenters. The first-order chi connectivity index (χ1) is 13.4. The van der Waals surface area contributed by atoms with Crippen molar-refractivity contribution < 1.29 is 28.6 Å². The number of carbonyl (C=O) groups is 3. The third kappa shape index (κ3) is 7.86. The smallest absolute Gasteiger partial charge is 0.412 e. The molecular weight excluding hydrogens is 364 g/mol. The second kappa shape index (κ2) is 12.1. The molecule has 1 heterocycles. The minimum Gasteiger partial charge on any atom is -0.461 e. The van der Waals surface area contributed by atoms with E-state index >= 15 is 0 Å². The van der Waals surface area contributed by atoms with E-state index < -0.39 is 24.8 Å². The number of esters is 2. The second-order valence-electron chi connectivity index (χ2n) is 5.58. The van der Waals surface area contributed by atoms with Crippen LogP contribution in [0.2, 0.25) is 0 Å². The predicted molar refractivity (Wildman–Crippen MR) is 102 cm³/mol. The van der Waals surface area contributed by atoms with Crippen LogP contribution in [0.1, 0.15) is 12.6 Å². The Hall–Kier alpha value is -3.42. The topological polar surface area (TPSA) is 95.0 Å². The Balaban J connectivity index is 2.49. The molecule has 1 rings (SSSR count). The lowest BCUT2D eigenvalue weighted by molar-refractivity contribution is -0.147. The summed E-state index contributed by atoms with van der Waals surface area (Å²) in [4.78, 5) is 40.5. The zero-order valence-corrected chi connectivity index (χ0v) is 16.1. The summed E-state index contributed by atoms with van der Waals surface area (Å²) in [7, 11) is 1.57. The SMILES string of the molecule is C=C/C(COC(C)=O)=C(\C=C)C(=O)OCOC(=O)N(C)CCc1ccccn1. The molecule has 0 aliphatic heterocycles. The molecule has 1 aromatic rings. The number of rotatable bonds is 10. The van der Waals surface area contributed by atoms with Gasteiger partial charge in [-0.05, 0) is 12.1 Å². The van der Waals surface area contributed by atoms with Crippen LogP contribution in [0, 0.1) is 0 Å². The highest BCUT2D eigenvalue weighted by Gasteiger charge is 2.15. The maximum Gasteiger partial charge on any atom is 0.412 e. The first-order valence-electron chi connectivity index (χ1n) is 8.45. The first-order valence-corrected chi connectivity index (χ1v) is 8.45. The van der Waals surface area contributed by atoms with Crippen molar-refractivity contribution in [3.8, 4) is 0 Å². The normalized spacial score (nSPS) is 10.9. The molecule has 0 aliphatic carbocycles. The maximum absolute atomic E-state index is 12.1. The number of ether oxygens (including phenoxy) is 3. The summed E-state index contributed by atoms with van der Waals surface area (Å²) in [5.41, 5.74) is 1.24. The molecule has 0 N–H and O–H groups in total. The van der Waals surface area contributed by atoms with Crippen LogP contribution >= 0.6 is 0 Å². The Morgan fingerprint density at radius 3 is 2.46 bits per heavy atom. The molecule has 0 atom stereocenters. The average molecular weight is 388 g/mol. The molecule has 8 heteroatoms. The number of carbonyl (C=O) groups excluding carboxylic acids is 3. The van der Waals surface area contributed by atoms with Gasteiger partial charge < -0.3 is 19.1 Å². The molecule has 0 saturated heterocycles. The van der Waals surface area contributed by atoms with Gasteiger partial charge in [-0.3, -0.25) is 9.78 Å². The summed E-state index contributed by atoms with van der Waals surface area (Å²) in [5.74, 6) is -1.28. The van der Waals surface area contributed by atoms with Gasteiger partial charge in [0.25, 0.3) is 0 Å². The molecule has 0 saturated carbocycles. The van der Waals surface area contributed by atoms with E-state index in [1.165, 1.54) is 24.0 Å². The fourth-order valence-electron chi connectivity index (χ4n) is 2.01. The fourth-order valence-corrected chi connectivity index (χ4v) is 2.01. The largest absolute Gasteiger partial charge is 0.461 e. The number of nitrogens with zero attached hydrogens (tertiary/aromatic N) is 2. The fraction of sp³-hybridized carbons (Fsp3) is 0.300. The number of amides is 1. The Morgan fingerprint density at radius 2 is 1.89 bits per heavy atom. The van der Waals surface area contributed by atoms with Gasteiger partial charge in [-0.1, -0.05) is 31.4 Å². The Labute approximate surface area is 164 Å². The lowest BCUT2D eigenvalue weighted by Gasteiger charge is -2.17. The minimum absolute atomic E-state index is 0.0656. The van der Waals surface area contributed by atoms with Crippen molar-refractivity contribution in [2.24, 2.45) is 0 Å². The van der Waals surface area contributed by atoms with Crippen molar-refractivity contribution in [3.63, 3.8) is 0 Å². The molecule has 0 radical (unpaired) electrons. The van der Waals surface area contributed by atoms with E-state index in [0.717, 1.165) is 5.69 Å². The van der Waals surface area contributed by atoms with Crippen LogP contribution in [0.4, 0.5) is 4.79 Å². The van der Waals surface area contributed by atoms with E-state index in [1.807, 2.05) is 18.2 Å². The standard InChI is InChI=1S/C20H24N2O6/c1-5-16(13-26-15(3)23)18(6-2)19(24)27-14-28-20(25)22(4)12-10-17-9-7-8-11-21-17/h5-9,11H,1-2,10,12-14H2,3-4H3/b18-16-. The molecule has 1 aromatic heterocycles. The third-order valence-electron chi connectivity index (χ3n) is 3.56. The Bertz CT molecular complexity index is 742. The summed E-state index contributed by atoms with van der Waals surface area (Å²) in [6, 6.07) is 5.53. The number of likely N-dealkylation sites (N-methyl/N-ethyl adjacent to an activating group) is 1. The number of aromatic nitrogens is 1. The molecule has 0 spiro atoms. The summed E-state index contributed by atoms with van der Waals surface area (Å²) in [6.07, 6.45) is 4.21. The van der Waals surface area contributed by atoms with E-state index in [2.05, 4.69) is 18.1 Å². The van der Waals surface area contributed by atoms with Gasteiger partial charge in [-0.25, -0.2) is 9.59 Å². The summed E-state index contributed by atoms with van der Waals surface area (Å²) >= 11 is 0. The van der Waals surface area contributed by atoms with Gasteiger partial charge in [0, 0.05) is 44.4 Å². The molecule has 0 aliphatic rings. The van der Waals surface area contributed by atoms with E-state index in [9.17, 15) is 14.4 Å². The highest BCUT2D eigenvalue weighted by Crippen LogP contribution is 2.11. The summed E-state index contributed by atoms with van der Waals surface area (Å²) < 4.78 is 14.7. The molecule has 1 amide bonds. The van der Waals surface area contributed by atoms with Crippen LogP contribution < -0.4 is 0 Å². The van der Waals surface area contributed by atoms with Gasteiger partial charge in [0.15, 0.2) is 0 Å². The van der Waals surface area contributed by atoms with Crippen molar-refractivity contribution in [1.29, 1.82) is 0 Å². The van der Waals surface area contributed by atoms with Crippen molar-refractivity contribution in [1.82, 2.24) is 9.88 Å². The lowest BCUT2D eigenvalue weighted by atomic mass is 10.1. The summed E-state index contributed by atoms with van der Waals surface area (Å²) in [5, 5.41) is 0. The molecule has 0 bridgehead atoms. The highest BCUT2D eigenvalue weighted by molar-refractivity contribution is 5.93. The van der Waals surface area contributed by atoms with E-state index in [0.29, 0.717) is 18.5 Å². The maximum atomic E-state index is 12.1. The van der Waals surface area contributed by atoms with Crippen molar-refractivity contribution >= 4 is 18.0 Å². The molecule has 150 valence electrons. The zero-order chi connectivity index (χ0) is 20.9. The molecule has 0 aromatic carbocycles. The van der Waals surface area contributed by atoms with Gasteiger partial charge in [0.2, 0.25) is 6.79 Å². The van der Waals surface area contributed by atoms with Crippen molar-refractivity contribution in [3.05, 3.63) is 66.5 Å². The number of hydrogen-bond donors (Lipinski definition) is 0. The number of hydrogen-bond acceptors (Lipinski definition) is 7. The van der Waals surface area contributed by atoms with Gasteiger partial charge in [0.1, 0.15) is 6.61 Å². The summed E-state index contributed by atoms with van der Waals surface area (Å²) in [6.45, 7) is 8.02. The van der Waals surface area contributed by atoms with Crippen LogP contribution in [0.15, 0.2) is 60.9 Å². The molecule has 0 fully saturated rings. The molecule has 28 heavy (non-hydrogen) atoms. The lowest BCUT2D eigenvalue weighted by Crippen LogP contribution is -2.30. The van der Waals surface area contributed by atoms with Crippen LogP contribution in [0.5, 0.6) is 0 Å². The van der Waals surface area contributed by atoms with Gasteiger partial charge >= 0.3 is 18.0 Å². The van der Waals surface area contributed by atoms with E-state index in [4.69, 9.17) is 14.2 Å².